The van der Waals surface area contributed by atoms with Crippen molar-refractivity contribution in [1.29, 1.82) is 0 Å². The number of carbonyl (C=O) groups excluding carboxylic acids is 1. The average molecular weight is 403 g/mol. The summed E-state index contributed by atoms with van der Waals surface area (Å²) in [6, 6.07) is 26.9. The molecule has 0 amide bonds. The molecule has 0 fully saturated rings. The summed E-state index contributed by atoms with van der Waals surface area (Å²) in [6.07, 6.45) is -5.49. The van der Waals surface area contributed by atoms with Crippen LogP contribution in [0.4, 0.5) is 13.2 Å². The van der Waals surface area contributed by atoms with E-state index in [0.29, 0.717) is 0 Å². The molecule has 0 aliphatic carbocycles. The van der Waals surface area contributed by atoms with E-state index in [9.17, 15) is 18.0 Å². The van der Waals surface area contributed by atoms with E-state index in [1.807, 2.05) is 48.5 Å². The summed E-state index contributed by atoms with van der Waals surface area (Å²) in [5.41, 5.74) is 0.232. The predicted molar refractivity (Wildman–Crippen MR) is 102 cm³/mol. The highest BCUT2D eigenvalue weighted by Crippen LogP contribution is 2.31. The molecule has 3 rings (SSSR count). The summed E-state index contributed by atoms with van der Waals surface area (Å²) in [5.74, 6) is -0.755. The molecule has 0 aromatic heterocycles. The smallest absolute Gasteiger partial charge is 0.392 e. The summed E-state index contributed by atoms with van der Waals surface area (Å²) < 4.78 is 41.3. The van der Waals surface area contributed by atoms with Crippen LogP contribution in [0, 0.1) is 0 Å². The lowest BCUT2D eigenvalue weighted by Gasteiger charge is -2.09. The van der Waals surface area contributed by atoms with E-state index in [-0.39, 0.29) is 16.5 Å². The van der Waals surface area contributed by atoms with Crippen molar-refractivity contribution in [2.45, 2.75) is 27.3 Å². The SMILES string of the molecule is O=C(OCCC(F)(F)F)c1ccc([S+](c2ccccc2)c2ccccc2)cc1. The molecule has 6 heteroatoms. The number of carbonyl (C=O) groups is 1. The van der Waals surface area contributed by atoms with Gasteiger partial charge in [-0.05, 0) is 48.5 Å². The summed E-state index contributed by atoms with van der Waals surface area (Å²) in [6.45, 7) is -0.678. The molecule has 0 heterocycles. The summed E-state index contributed by atoms with van der Waals surface area (Å²) in [4.78, 5) is 15.2. The first-order valence-electron chi connectivity index (χ1n) is 8.62. The van der Waals surface area contributed by atoms with Gasteiger partial charge in [0.15, 0.2) is 14.7 Å². The van der Waals surface area contributed by atoms with Gasteiger partial charge in [0.2, 0.25) is 0 Å². The fourth-order valence-corrected chi connectivity index (χ4v) is 4.67. The highest BCUT2D eigenvalue weighted by molar-refractivity contribution is 7.97. The van der Waals surface area contributed by atoms with E-state index in [4.69, 9.17) is 4.74 Å². The van der Waals surface area contributed by atoms with Gasteiger partial charge in [-0.3, -0.25) is 0 Å². The van der Waals surface area contributed by atoms with Crippen molar-refractivity contribution in [3.8, 4) is 0 Å². The number of benzene rings is 3. The quantitative estimate of drug-likeness (QED) is 0.379. The highest BCUT2D eigenvalue weighted by Gasteiger charge is 2.29. The van der Waals surface area contributed by atoms with Crippen LogP contribution >= 0.6 is 0 Å². The Morgan fingerprint density at radius 2 is 1.21 bits per heavy atom. The molecule has 3 aromatic carbocycles. The minimum Gasteiger partial charge on any atom is -0.462 e. The molecule has 0 bridgehead atoms. The van der Waals surface area contributed by atoms with Gasteiger partial charge in [-0.2, -0.15) is 13.2 Å². The summed E-state index contributed by atoms with van der Waals surface area (Å²) in [7, 11) is -0.354. The minimum absolute atomic E-state index is 0.232. The van der Waals surface area contributed by atoms with E-state index in [1.54, 1.807) is 12.1 Å². The zero-order valence-corrected chi connectivity index (χ0v) is 15.7. The zero-order chi connectivity index (χ0) is 20.0. The second kappa shape index (κ2) is 8.97. The minimum atomic E-state index is -4.34. The number of alkyl halides is 3. The van der Waals surface area contributed by atoms with Gasteiger partial charge in [-0.25, -0.2) is 4.79 Å². The van der Waals surface area contributed by atoms with E-state index >= 15 is 0 Å². The summed E-state index contributed by atoms with van der Waals surface area (Å²) >= 11 is 0. The maximum Gasteiger partial charge on any atom is 0.392 e. The molecule has 28 heavy (non-hydrogen) atoms. The van der Waals surface area contributed by atoms with Crippen LogP contribution in [0.5, 0.6) is 0 Å². The first-order valence-corrected chi connectivity index (χ1v) is 9.85. The Morgan fingerprint density at radius 3 is 1.68 bits per heavy atom. The van der Waals surface area contributed by atoms with Crippen LogP contribution in [0.15, 0.2) is 99.6 Å². The number of ether oxygens (including phenoxy) is 1. The fraction of sp³-hybridized carbons (Fsp3) is 0.136. The van der Waals surface area contributed by atoms with Crippen LogP contribution in [0.3, 0.4) is 0 Å². The Bertz CT molecular complexity index is 855. The average Bonchev–Trinajstić information content (AvgIpc) is 2.69. The second-order valence-electron chi connectivity index (χ2n) is 5.96. The first-order chi connectivity index (χ1) is 13.4. The molecule has 0 spiro atoms. The van der Waals surface area contributed by atoms with Gasteiger partial charge in [0, 0.05) is 0 Å². The van der Waals surface area contributed by atoms with Crippen molar-refractivity contribution in [3.63, 3.8) is 0 Å². The molecular weight excluding hydrogens is 385 g/mol. The number of rotatable bonds is 6. The maximum atomic E-state index is 12.2. The topological polar surface area (TPSA) is 26.3 Å². The molecule has 0 atom stereocenters. The highest BCUT2D eigenvalue weighted by atomic mass is 32.2. The first kappa shape index (κ1) is 20.0. The van der Waals surface area contributed by atoms with Gasteiger partial charge in [0.1, 0.15) is 6.61 Å². The largest absolute Gasteiger partial charge is 0.462 e. The Morgan fingerprint density at radius 1 is 0.750 bits per heavy atom. The van der Waals surface area contributed by atoms with E-state index < -0.39 is 25.2 Å². The molecule has 144 valence electrons. The molecule has 0 N–H and O–H groups in total. The van der Waals surface area contributed by atoms with Crippen LogP contribution in [0.1, 0.15) is 16.8 Å². The zero-order valence-electron chi connectivity index (χ0n) is 14.9. The molecule has 0 aliphatic rings. The van der Waals surface area contributed by atoms with Gasteiger partial charge in [-0.1, -0.05) is 36.4 Å². The monoisotopic (exact) mass is 403 g/mol. The van der Waals surface area contributed by atoms with Crippen LogP contribution in [0.25, 0.3) is 0 Å². The lowest BCUT2D eigenvalue weighted by Crippen LogP contribution is -2.14. The van der Waals surface area contributed by atoms with E-state index in [2.05, 4.69) is 24.3 Å². The van der Waals surface area contributed by atoms with Crippen molar-refractivity contribution in [3.05, 3.63) is 90.5 Å². The maximum absolute atomic E-state index is 12.2. The standard InChI is InChI=1S/C22H18F3O2S/c23-22(24,25)15-16-27-21(26)17-11-13-20(14-12-17)28(18-7-3-1-4-8-18)19-9-5-2-6-10-19/h1-14H,15-16H2/q+1. The van der Waals surface area contributed by atoms with Gasteiger partial charge < -0.3 is 4.74 Å². The van der Waals surface area contributed by atoms with Crippen molar-refractivity contribution in [1.82, 2.24) is 0 Å². The van der Waals surface area contributed by atoms with Crippen molar-refractivity contribution >= 4 is 16.9 Å². The Kier molecular flexibility index (Phi) is 6.41. The lowest BCUT2D eigenvalue weighted by atomic mass is 10.2. The number of hydrogen-bond donors (Lipinski definition) is 0. The van der Waals surface area contributed by atoms with Crippen LogP contribution in [0.2, 0.25) is 0 Å². The second-order valence-corrected chi connectivity index (χ2v) is 7.98. The number of hydrogen-bond acceptors (Lipinski definition) is 2. The number of esters is 1. The molecule has 0 unspecified atom stereocenters. The third kappa shape index (κ3) is 5.39. The van der Waals surface area contributed by atoms with Gasteiger partial charge in [0.25, 0.3) is 0 Å². The molecule has 0 saturated heterocycles. The van der Waals surface area contributed by atoms with E-state index in [0.717, 1.165) is 14.7 Å². The van der Waals surface area contributed by atoms with Crippen molar-refractivity contribution in [2.24, 2.45) is 0 Å². The van der Waals surface area contributed by atoms with Gasteiger partial charge in [0.05, 0.1) is 22.9 Å². The van der Waals surface area contributed by atoms with E-state index in [1.165, 1.54) is 0 Å². The number of halogens is 3. The molecule has 0 aliphatic heterocycles. The Balaban J connectivity index is 1.80. The fourth-order valence-electron chi connectivity index (χ4n) is 2.59. The predicted octanol–water partition coefficient (Wildman–Crippen LogP) is 5.89. The van der Waals surface area contributed by atoms with Crippen molar-refractivity contribution < 1.29 is 22.7 Å². The third-order valence-corrected chi connectivity index (χ3v) is 6.13. The molecule has 3 aromatic rings. The van der Waals surface area contributed by atoms with Gasteiger partial charge >= 0.3 is 12.1 Å². The lowest BCUT2D eigenvalue weighted by molar-refractivity contribution is -0.141. The van der Waals surface area contributed by atoms with Crippen LogP contribution in [-0.4, -0.2) is 18.8 Å². The molecule has 2 nitrogen and oxygen atoms in total. The molecule has 0 saturated carbocycles. The molecule has 0 radical (unpaired) electrons. The Hall–Kier alpha value is -2.73. The van der Waals surface area contributed by atoms with Gasteiger partial charge in [-0.15, -0.1) is 0 Å². The van der Waals surface area contributed by atoms with Crippen molar-refractivity contribution in [2.75, 3.05) is 6.61 Å². The normalized spacial score (nSPS) is 11.4. The van der Waals surface area contributed by atoms with Crippen LogP contribution < -0.4 is 0 Å². The van der Waals surface area contributed by atoms with Crippen LogP contribution in [-0.2, 0) is 15.6 Å². The molecular formula is C22H18F3O2S+. The Labute approximate surface area is 164 Å². The third-order valence-electron chi connectivity index (χ3n) is 3.90. The summed E-state index contributed by atoms with van der Waals surface area (Å²) in [5, 5.41) is 0.